The molecule has 0 bridgehead atoms. The number of nitrogens with zero attached hydrogens (tertiary/aromatic N) is 1. The van der Waals surface area contributed by atoms with Crippen molar-refractivity contribution in [3.05, 3.63) is 0 Å². The summed E-state index contributed by atoms with van der Waals surface area (Å²) in [4.78, 5) is 21.5. The second kappa shape index (κ2) is 3.05. The summed E-state index contributed by atoms with van der Waals surface area (Å²) < 4.78 is 0. The molecular weight excluding hydrogens is 136 g/mol. The Morgan fingerprint density at radius 1 is 1.60 bits per heavy atom. The summed E-state index contributed by atoms with van der Waals surface area (Å²) in [5, 5.41) is 8.35. The lowest BCUT2D eigenvalue weighted by molar-refractivity contribution is -0.141. The van der Waals surface area contributed by atoms with Gasteiger partial charge in [-0.05, 0) is 6.92 Å². The van der Waals surface area contributed by atoms with Crippen molar-refractivity contribution < 1.29 is 14.7 Å². The van der Waals surface area contributed by atoms with Gasteiger partial charge in [-0.25, -0.2) is 9.59 Å². The summed E-state index contributed by atoms with van der Waals surface area (Å²) in [6.07, 6.45) is 0. The van der Waals surface area contributed by atoms with Crippen molar-refractivity contribution in [2.24, 2.45) is 5.73 Å². The normalized spacial score (nSPS) is 12.2. The number of carbonyl (C=O) groups is 2. The van der Waals surface area contributed by atoms with E-state index in [1.54, 1.807) is 0 Å². The number of primary amides is 1. The van der Waals surface area contributed by atoms with Crippen LogP contribution in [0.15, 0.2) is 0 Å². The predicted octanol–water partition coefficient (Wildman–Crippen LogP) is -0.530. The molecule has 5 heteroatoms. The third kappa shape index (κ3) is 1.93. The Bertz CT molecular complexity index is 139. The molecule has 58 valence electrons. The minimum absolute atomic E-state index is 0.741. The topological polar surface area (TPSA) is 83.6 Å². The van der Waals surface area contributed by atoms with Crippen LogP contribution in [0.3, 0.4) is 0 Å². The molecule has 0 rings (SSSR count). The molecule has 0 radical (unpaired) electrons. The van der Waals surface area contributed by atoms with E-state index < -0.39 is 18.0 Å². The van der Waals surface area contributed by atoms with Crippen LogP contribution < -0.4 is 5.73 Å². The van der Waals surface area contributed by atoms with Crippen LogP contribution in [0.4, 0.5) is 4.79 Å². The molecule has 0 heterocycles. The van der Waals surface area contributed by atoms with Crippen molar-refractivity contribution in [3.8, 4) is 0 Å². The smallest absolute Gasteiger partial charge is 0.326 e. The molecule has 0 fully saturated rings. The number of amides is 2. The SMILES string of the molecule is CC(C(=O)O)N(C)C(N)=O. The molecule has 1 unspecified atom stereocenters. The lowest BCUT2D eigenvalue weighted by atomic mass is 10.3. The molecule has 10 heavy (non-hydrogen) atoms. The number of carbonyl (C=O) groups excluding carboxylic acids is 1. The van der Waals surface area contributed by atoms with Crippen molar-refractivity contribution in [2.75, 3.05) is 7.05 Å². The van der Waals surface area contributed by atoms with Crippen LogP contribution >= 0.6 is 0 Å². The summed E-state index contributed by atoms with van der Waals surface area (Å²) >= 11 is 0. The molecular formula is C5H10N2O3. The van der Waals surface area contributed by atoms with Crippen LogP contribution in [-0.2, 0) is 4.79 Å². The predicted molar refractivity (Wildman–Crippen MR) is 34.4 cm³/mol. The summed E-state index contributed by atoms with van der Waals surface area (Å²) in [5.41, 5.74) is 4.80. The third-order valence-corrected chi connectivity index (χ3v) is 1.29. The van der Waals surface area contributed by atoms with Crippen LogP contribution in [0.1, 0.15) is 6.92 Å². The van der Waals surface area contributed by atoms with E-state index in [0.29, 0.717) is 0 Å². The van der Waals surface area contributed by atoms with Crippen molar-refractivity contribution in [3.63, 3.8) is 0 Å². The van der Waals surface area contributed by atoms with Crippen LogP contribution in [0.25, 0.3) is 0 Å². The van der Waals surface area contributed by atoms with E-state index in [2.05, 4.69) is 0 Å². The molecule has 2 amide bonds. The number of aliphatic carboxylic acids is 1. The number of hydrogen-bond acceptors (Lipinski definition) is 2. The fourth-order valence-electron chi connectivity index (χ4n) is 0.357. The van der Waals surface area contributed by atoms with Crippen molar-refractivity contribution >= 4 is 12.0 Å². The number of carboxylic acids is 1. The van der Waals surface area contributed by atoms with Gasteiger partial charge in [-0.15, -0.1) is 0 Å². The molecule has 1 atom stereocenters. The Balaban J connectivity index is 4.07. The average molecular weight is 146 g/mol. The van der Waals surface area contributed by atoms with Gasteiger partial charge in [-0.3, -0.25) is 0 Å². The second-order valence-electron chi connectivity index (χ2n) is 1.96. The molecule has 3 N–H and O–H groups in total. The first-order chi connectivity index (χ1) is 4.46. The number of likely N-dealkylation sites (N-methyl/N-ethyl adjacent to an activating group) is 1. The van der Waals surface area contributed by atoms with E-state index in [1.165, 1.54) is 14.0 Å². The Hall–Kier alpha value is -1.26. The molecule has 5 nitrogen and oxygen atoms in total. The monoisotopic (exact) mass is 146 g/mol. The van der Waals surface area contributed by atoms with Crippen LogP contribution in [0.2, 0.25) is 0 Å². The van der Waals surface area contributed by atoms with Gasteiger partial charge in [0.1, 0.15) is 6.04 Å². The minimum Gasteiger partial charge on any atom is -0.480 e. The molecule has 0 aromatic heterocycles. The number of carboxylic acid groups (broad SMARTS) is 1. The molecule has 0 aliphatic carbocycles. The van der Waals surface area contributed by atoms with E-state index in [1.807, 2.05) is 0 Å². The zero-order chi connectivity index (χ0) is 8.31. The first-order valence-electron chi connectivity index (χ1n) is 2.72. The van der Waals surface area contributed by atoms with Gasteiger partial charge in [0.15, 0.2) is 0 Å². The van der Waals surface area contributed by atoms with E-state index in [9.17, 15) is 9.59 Å². The van der Waals surface area contributed by atoms with Gasteiger partial charge < -0.3 is 15.7 Å². The zero-order valence-electron chi connectivity index (χ0n) is 5.87. The molecule has 0 spiro atoms. The second-order valence-corrected chi connectivity index (χ2v) is 1.96. The van der Waals surface area contributed by atoms with Gasteiger partial charge in [-0.2, -0.15) is 0 Å². The van der Waals surface area contributed by atoms with E-state index in [0.717, 1.165) is 4.90 Å². The van der Waals surface area contributed by atoms with Crippen LogP contribution in [-0.4, -0.2) is 35.1 Å². The first kappa shape index (κ1) is 8.74. The highest BCUT2D eigenvalue weighted by Crippen LogP contribution is 1.93. The maximum atomic E-state index is 10.3. The van der Waals surface area contributed by atoms with E-state index in [-0.39, 0.29) is 0 Å². The Kier molecular flexibility index (Phi) is 2.66. The highest BCUT2D eigenvalue weighted by molar-refractivity contribution is 5.81. The summed E-state index contributed by atoms with van der Waals surface area (Å²) in [6.45, 7) is 1.38. The highest BCUT2D eigenvalue weighted by atomic mass is 16.4. The molecule has 0 aliphatic rings. The Morgan fingerprint density at radius 2 is 2.00 bits per heavy atom. The highest BCUT2D eigenvalue weighted by Gasteiger charge is 2.18. The largest absolute Gasteiger partial charge is 0.480 e. The quantitative estimate of drug-likeness (QED) is 0.549. The van der Waals surface area contributed by atoms with Crippen LogP contribution in [0, 0.1) is 0 Å². The lowest BCUT2D eigenvalue weighted by Gasteiger charge is -2.18. The maximum absolute atomic E-state index is 10.3. The number of rotatable bonds is 2. The number of nitrogens with two attached hydrogens (primary N) is 1. The molecule has 0 aromatic carbocycles. The van der Waals surface area contributed by atoms with Gasteiger partial charge in [0.2, 0.25) is 0 Å². The standard InChI is InChI=1S/C5H10N2O3/c1-3(4(8)9)7(2)5(6)10/h3H,1-2H3,(H2,6,10)(H,8,9). The number of urea groups is 1. The zero-order valence-corrected chi connectivity index (χ0v) is 5.87. The molecule has 0 aliphatic heterocycles. The van der Waals surface area contributed by atoms with Gasteiger partial charge >= 0.3 is 12.0 Å². The van der Waals surface area contributed by atoms with Crippen molar-refractivity contribution in [1.82, 2.24) is 4.90 Å². The molecule has 0 aromatic rings. The Morgan fingerprint density at radius 3 is 2.10 bits per heavy atom. The van der Waals surface area contributed by atoms with Crippen molar-refractivity contribution in [2.45, 2.75) is 13.0 Å². The van der Waals surface area contributed by atoms with Crippen molar-refractivity contribution in [1.29, 1.82) is 0 Å². The third-order valence-electron chi connectivity index (χ3n) is 1.29. The van der Waals surface area contributed by atoms with E-state index in [4.69, 9.17) is 10.8 Å². The van der Waals surface area contributed by atoms with Gasteiger partial charge in [0.05, 0.1) is 0 Å². The molecule has 0 saturated heterocycles. The maximum Gasteiger partial charge on any atom is 0.326 e. The fourth-order valence-corrected chi connectivity index (χ4v) is 0.357. The van der Waals surface area contributed by atoms with E-state index >= 15 is 0 Å². The van der Waals surface area contributed by atoms with Gasteiger partial charge in [0, 0.05) is 7.05 Å². The first-order valence-corrected chi connectivity index (χ1v) is 2.72. The van der Waals surface area contributed by atoms with Crippen LogP contribution in [0.5, 0.6) is 0 Å². The fraction of sp³-hybridized carbons (Fsp3) is 0.600. The molecule has 0 saturated carbocycles. The lowest BCUT2D eigenvalue weighted by Crippen LogP contribution is -2.43. The van der Waals surface area contributed by atoms with Gasteiger partial charge in [0.25, 0.3) is 0 Å². The summed E-state index contributed by atoms with van der Waals surface area (Å²) in [5.74, 6) is -1.07. The minimum atomic E-state index is -1.07. The Labute approximate surface area is 58.4 Å². The average Bonchev–Trinajstić information content (AvgIpc) is 1.84. The number of hydrogen-bond donors (Lipinski definition) is 2. The summed E-state index contributed by atoms with van der Waals surface area (Å²) in [6, 6.07) is -1.60. The summed E-state index contributed by atoms with van der Waals surface area (Å²) in [7, 11) is 1.33. The van der Waals surface area contributed by atoms with Gasteiger partial charge in [-0.1, -0.05) is 0 Å².